The van der Waals surface area contributed by atoms with Crippen LogP contribution in [0.5, 0.6) is 11.5 Å². The number of hydrogen-bond acceptors (Lipinski definition) is 6. The summed E-state index contributed by atoms with van der Waals surface area (Å²) in [5.74, 6) is 1.76. The van der Waals surface area contributed by atoms with E-state index in [-0.39, 0.29) is 18.1 Å². The molecule has 6 rings (SSSR count). The molecule has 0 aromatic heterocycles. The first kappa shape index (κ1) is 29.3. The standard InChI is InChI=1S/C35H43ClN2O4/c1-23(2)42-33-20-31-25(19-32(33)40-4)13-18-38(34(31)24-5-9-28(36)10-6-24)29-11-7-26(8-12-29)35(3,39)27-14-16-37(17-15-27)30-21-41-22-30/h5-12,19-20,23,27,30,34,39H,13-18,21-22H2,1-4H3/t34-,35+/m0/s1. The van der Waals surface area contributed by atoms with Crippen molar-refractivity contribution in [2.24, 2.45) is 5.92 Å². The smallest absolute Gasteiger partial charge is 0.161 e. The van der Waals surface area contributed by atoms with Gasteiger partial charge in [0.05, 0.1) is 44.1 Å². The molecule has 42 heavy (non-hydrogen) atoms. The van der Waals surface area contributed by atoms with Crippen molar-refractivity contribution in [2.75, 3.05) is 44.9 Å². The van der Waals surface area contributed by atoms with Crippen LogP contribution < -0.4 is 14.4 Å². The second kappa shape index (κ2) is 12.1. The van der Waals surface area contributed by atoms with Crippen LogP contribution in [0.3, 0.4) is 0 Å². The number of benzene rings is 3. The van der Waals surface area contributed by atoms with Crippen LogP contribution in [0.4, 0.5) is 5.69 Å². The summed E-state index contributed by atoms with van der Waals surface area (Å²) in [4.78, 5) is 4.98. The van der Waals surface area contributed by atoms with Gasteiger partial charge in [0.25, 0.3) is 0 Å². The lowest BCUT2D eigenvalue weighted by atomic mass is 9.77. The number of hydrogen-bond donors (Lipinski definition) is 1. The predicted molar refractivity (Wildman–Crippen MR) is 168 cm³/mol. The average molecular weight is 591 g/mol. The third-order valence-electron chi connectivity index (χ3n) is 9.45. The van der Waals surface area contributed by atoms with Gasteiger partial charge in [-0.2, -0.15) is 0 Å². The summed E-state index contributed by atoms with van der Waals surface area (Å²) in [6.07, 6.45) is 2.92. The van der Waals surface area contributed by atoms with Crippen molar-refractivity contribution in [2.45, 2.75) is 63.8 Å². The third kappa shape index (κ3) is 5.74. The molecule has 0 bridgehead atoms. The van der Waals surface area contributed by atoms with Gasteiger partial charge in [0, 0.05) is 17.3 Å². The fraction of sp³-hybridized carbons (Fsp3) is 0.486. The zero-order valence-corrected chi connectivity index (χ0v) is 25.9. The van der Waals surface area contributed by atoms with Crippen molar-refractivity contribution in [1.82, 2.24) is 4.90 Å². The zero-order chi connectivity index (χ0) is 29.4. The lowest BCUT2D eigenvalue weighted by molar-refractivity contribution is -0.0920. The normalized spacial score (nSPS) is 21.5. The molecule has 2 saturated heterocycles. The molecule has 0 amide bonds. The van der Waals surface area contributed by atoms with E-state index in [9.17, 15) is 5.11 Å². The Hall–Kier alpha value is -2.77. The molecule has 2 atom stereocenters. The molecule has 3 aliphatic rings. The van der Waals surface area contributed by atoms with Crippen LogP contribution >= 0.6 is 11.6 Å². The number of methoxy groups -OCH3 is 1. The van der Waals surface area contributed by atoms with E-state index in [1.807, 2.05) is 32.9 Å². The van der Waals surface area contributed by atoms with Crippen molar-refractivity contribution in [3.05, 3.63) is 87.9 Å². The van der Waals surface area contributed by atoms with Gasteiger partial charge < -0.3 is 24.2 Å². The third-order valence-corrected chi connectivity index (χ3v) is 9.70. The van der Waals surface area contributed by atoms with E-state index in [4.69, 9.17) is 25.8 Å². The number of likely N-dealkylation sites (tertiary alicyclic amines) is 1. The predicted octanol–water partition coefficient (Wildman–Crippen LogP) is 6.61. The summed E-state index contributed by atoms with van der Waals surface area (Å²) in [6.45, 7) is 10.7. The molecule has 0 radical (unpaired) electrons. The summed E-state index contributed by atoms with van der Waals surface area (Å²) in [5, 5.41) is 12.5. The number of rotatable bonds is 8. The van der Waals surface area contributed by atoms with Gasteiger partial charge in [0.1, 0.15) is 0 Å². The summed E-state index contributed by atoms with van der Waals surface area (Å²) in [5.41, 5.74) is 4.88. The van der Waals surface area contributed by atoms with E-state index in [0.717, 1.165) is 79.9 Å². The van der Waals surface area contributed by atoms with Gasteiger partial charge in [-0.3, -0.25) is 4.90 Å². The van der Waals surface area contributed by atoms with Gasteiger partial charge in [-0.15, -0.1) is 0 Å². The minimum absolute atomic E-state index is 0.0161. The maximum absolute atomic E-state index is 11.8. The lowest BCUT2D eigenvalue weighted by Gasteiger charge is -2.45. The quantitative estimate of drug-likeness (QED) is 0.319. The average Bonchev–Trinajstić information content (AvgIpc) is 2.96. The van der Waals surface area contributed by atoms with Crippen molar-refractivity contribution in [3.8, 4) is 11.5 Å². The summed E-state index contributed by atoms with van der Waals surface area (Å²) in [6, 6.07) is 21.6. The van der Waals surface area contributed by atoms with Crippen LogP contribution in [0.15, 0.2) is 60.7 Å². The molecule has 0 unspecified atom stereocenters. The molecule has 7 heteroatoms. The van der Waals surface area contributed by atoms with Crippen LogP contribution in [-0.2, 0) is 16.8 Å². The van der Waals surface area contributed by atoms with E-state index in [1.165, 1.54) is 16.7 Å². The lowest BCUT2D eigenvalue weighted by Crippen LogP contribution is -2.53. The van der Waals surface area contributed by atoms with E-state index in [1.54, 1.807) is 7.11 Å². The van der Waals surface area contributed by atoms with E-state index in [0.29, 0.717) is 6.04 Å². The molecule has 224 valence electrons. The fourth-order valence-corrected chi connectivity index (χ4v) is 7.03. The zero-order valence-electron chi connectivity index (χ0n) is 25.2. The molecule has 3 aromatic carbocycles. The van der Waals surface area contributed by atoms with E-state index in [2.05, 4.69) is 58.3 Å². The summed E-state index contributed by atoms with van der Waals surface area (Å²) >= 11 is 6.30. The van der Waals surface area contributed by atoms with E-state index >= 15 is 0 Å². The van der Waals surface area contributed by atoms with Gasteiger partial charge in [-0.05, 0) is 118 Å². The molecule has 3 aliphatic heterocycles. The molecule has 3 aromatic rings. The van der Waals surface area contributed by atoms with Crippen molar-refractivity contribution < 1.29 is 19.3 Å². The van der Waals surface area contributed by atoms with Crippen LogP contribution in [0, 0.1) is 5.92 Å². The summed E-state index contributed by atoms with van der Waals surface area (Å²) in [7, 11) is 1.70. The molecule has 0 saturated carbocycles. The Morgan fingerprint density at radius 2 is 1.64 bits per heavy atom. The molecule has 3 heterocycles. The SMILES string of the molecule is COc1cc2c(cc1OC(C)C)[C@H](c1ccc(Cl)cc1)N(c1ccc([C@@](C)(O)C3CCN(C4COC4)CC3)cc1)CC2. The van der Waals surface area contributed by atoms with Crippen LogP contribution in [0.2, 0.25) is 5.02 Å². The number of fused-ring (bicyclic) bond motifs is 1. The Kier molecular flexibility index (Phi) is 8.43. The number of nitrogens with zero attached hydrogens (tertiary/aromatic N) is 2. The Morgan fingerprint density at radius 1 is 0.952 bits per heavy atom. The minimum Gasteiger partial charge on any atom is -0.493 e. The number of halogens is 1. The fourth-order valence-electron chi connectivity index (χ4n) is 6.90. The minimum atomic E-state index is -0.871. The monoisotopic (exact) mass is 590 g/mol. The van der Waals surface area contributed by atoms with Gasteiger partial charge in [0.15, 0.2) is 11.5 Å². The number of ether oxygens (including phenoxy) is 3. The first-order valence-electron chi connectivity index (χ1n) is 15.3. The Bertz CT molecular complexity index is 1360. The number of piperidine rings is 1. The molecule has 1 N–H and O–H groups in total. The number of anilines is 1. The van der Waals surface area contributed by atoms with Gasteiger partial charge in [-0.1, -0.05) is 35.9 Å². The van der Waals surface area contributed by atoms with Gasteiger partial charge in [0.2, 0.25) is 0 Å². The Morgan fingerprint density at radius 3 is 2.24 bits per heavy atom. The molecule has 0 aliphatic carbocycles. The maximum Gasteiger partial charge on any atom is 0.161 e. The molecular weight excluding hydrogens is 548 g/mol. The highest BCUT2D eigenvalue weighted by Gasteiger charge is 2.39. The second-order valence-electron chi connectivity index (χ2n) is 12.5. The van der Waals surface area contributed by atoms with E-state index < -0.39 is 5.60 Å². The highest BCUT2D eigenvalue weighted by molar-refractivity contribution is 6.30. The van der Waals surface area contributed by atoms with Crippen molar-refractivity contribution in [3.63, 3.8) is 0 Å². The Labute approximate surface area is 255 Å². The van der Waals surface area contributed by atoms with Crippen LogP contribution in [0.1, 0.15) is 61.9 Å². The van der Waals surface area contributed by atoms with Crippen molar-refractivity contribution >= 4 is 17.3 Å². The van der Waals surface area contributed by atoms with Crippen molar-refractivity contribution in [1.29, 1.82) is 0 Å². The van der Waals surface area contributed by atoms with Crippen LogP contribution in [-0.4, -0.2) is 62.1 Å². The van der Waals surface area contributed by atoms with Gasteiger partial charge in [-0.25, -0.2) is 0 Å². The van der Waals surface area contributed by atoms with Crippen LogP contribution in [0.25, 0.3) is 0 Å². The summed E-state index contributed by atoms with van der Waals surface area (Å²) < 4.78 is 17.3. The largest absolute Gasteiger partial charge is 0.493 e. The number of aliphatic hydroxyl groups is 1. The highest BCUT2D eigenvalue weighted by atomic mass is 35.5. The molecule has 2 fully saturated rings. The first-order valence-corrected chi connectivity index (χ1v) is 15.7. The second-order valence-corrected chi connectivity index (χ2v) is 12.9. The first-order chi connectivity index (χ1) is 20.2. The Balaban J connectivity index is 1.29. The maximum atomic E-state index is 11.8. The topological polar surface area (TPSA) is 54.4 Å². The molecular formula is C35H43ClN2O4. The molecule has 0 spiro atoms. The highest BCUT2D eigenvalue weighted by Crippen LogP contribution is 2.44. The molecule has 6 nitrogen and oxygen atoms in total. The van der Waals surface area contributed by atoms with Gasteiger partial charge >= 0.3 is 0 Å².